The molecule has 1 rings (SSSR count). The summed E-state index contributed by atoms with van der Waals surface area (Å²) < 4.78 is 7.35. The summed E-state index contributed by atoms with van der Waals surface area (Å²) in [6.45, 7) is 4.46. The highest BCUT2D eigenvalue weighted by Gasteiger charge is 2.05. The van der Waals surface area contributed by atoms with Crippen LogP contribution in [0.4, 0.5) is 0 Å². The molecule has 1 atom stereocenters. The van der Waals surface area contributed by atoms with Gasteiger partial charge in [0.15, 0.2) is 0 Å². The van der Waals surface area contributed by atoms with Gasteiger partial charge in [-0.25, -0.2) is 0 Å². The van der Waals surface area contributed by atoms with E-state index in [1.807, 2.05) is 11.6 Å². The zero-order valence-electron chi connectivity index (χ0n) is 13.4. The SMILES string of the molecule is CCCCCCCCOCC(O)CNCc1nncn1C. The lowest BCUT2D eigenvalue weighted by Gasteiger charge is -2.12. The van der Waals surface area contributed by atoms with Crippen LogP contribution in [0, 0.1) is 0 Å². The molecule has 1 aromatic heterocycles. The Hall–Kier alpha value is -0.980. The first kappa shape index (κ1) is 18.1. The predicted octanol–water partition coefficient (Wildman–Crippen LogP) is 1.64. The molecule has 1 heterocycles. The van der Waals surface area contributed by atoms with Crippen LogP contribution < -0.4 is 5.32 Å². The quantitative estimate of drug-likeness (QED) is 0.542. The molecular formula is C15H30N4O2. The molecule has 21 heavy (non-hydrogen) atoms. The van der Waals surface area contributed by atoms with Crippen molar-refractivity contribution in [3.05, 3.63) is 12.2 Å². The summed E-state index contributed by atoms with van der Waals surface area (Å²) in [7, 11) is 1.90. The van der Waals surface area contributed by atoms with Crippen molar-refractivity contribution >= 4 is 0 Å². The fourth-order valence-corrected chi connectivity index (χ4v) is 2.08. The van der Waals surface area contributed by atoms with Crippen molar-refractivity contribution in [1.29, 1.82) is 0 Å². The average Bonchev–Trinajstić information content (AvgIpc) is 2.87. The van der Waals surface area contributed by atoms with Crippen LogP contribution in [0.3, 0.4) is 0 Å². The fourth-order valence-electron chi connectivity index (χ4n) is 2.08. The Bertz CT molecular complexity index is 357. The third kappa shape index (κ3) is 8.80. The summed E-state index contributed by atoms with van der Waals surface area (Å²) in [5.74, 6) is 0.857. The summed E-state index contributed by atoms with van der Waals surface area (Å²) >= 11 is 0. The average molecular weight is 298 g/mol. The number of aryl methyl sites for hydroxylation is 1. The van der Waals surface area contributed by atoms with Crippen molar-refractivity contribution in [2.45, 2.75) is 58.1 Å². The van der Waals surface area contributed by atoms with Gasteiger partial charge in [-0.1, -0.05) is 39.0 Å². The van der Waals surface area contributed by atoms with Gasteiger partial charge in [0.2, 0.25) is 0 Å². The van der Waals surface area contributed by atoms with Crippen LogP contribution in [0.1, 0.15) is 51.3 Å². The number of hydrogen-bond acceptors (Lipinski definition) is 5. The van der Waals surface area contributed by atoms with Crippen LogP contribution in [0.25, 0.3) is 0 Å². The van der Waals surface area contributed by atoms with Gasteiger partial charge in [-0.3, -0.25) is 0 Å². The summed E-state index contributed by atoms with van der Waals surface area (Å²) in [4.78, 5) is 0. The van der Waals surface area contributed by atoms with Gasteiger partial charge in [0, 0.05) is 20.2 Å². The van der Waals surface area contributed by atoms with Crippen LogP contribution in [0.5, 0.6) is 0 Å². The van der Waals surface area contributed by atoms with E-state index in [0.29, 0.717) is 19.7 Å². The molecule has 0 aliphatic rings. The van der Waals surface area contributed by atoms with Crippen LogP contribution in [-0.2, 0) is 18.3 Å². The van der Waals surface area contributed by atoms with Gasteiger partial charge < -0.3 is 19.7 Å². The Morgan fingerprint density at radius 1 is 1.29 bits per heavy atom. The number of aliphatic hydroxyl groups excluding tert-OH is 1. The molecule has 0 radical (unpaired) electrons. The third-order valence-corrected chi connectivity index (χ3v) is 3.42. The van der Waals surface area contributed by atoms with Crippen molar-refractivity contribution in [3.8, 4) is 0 Å². The highest BCUT2D eigenvalue weighted by Crippen LogP contribution is 2.04. The van der Waals surface area contributed by atoms with E-state index in [1.165, 1.54) is 32.1 Å². The lowest BCUT2D eigenvalue weighted by Crippen LogP contribution is -2.30. The van der Waals surface area contributed by atoms with Crippen LogP contribution in [0.2, 0.25) is 0 Å². The Balaban J connectivity index is 1.90. The minimum absolute atomic E-state index is 0.390. The Labute approximate surface area is 127 Å². The van der Waals surface area contributed by atoms with Gasteiger partial charge in [-0.05, 0) is 6.42 Å². The standard InChI is InChI=1S/C15H30N4O2/c1-3-4-5-6-7-8-9-21-12-14(20)10-16-11-15-18-17-13-19(15)2/h13-14,16,20H,3-12H2,1-2H3. The number of hydrogen-bond donors (Lipinski definition) is 2. The number of nitrogens with zero attached hydrogens (tertiary/aromatic N) is 3. The van der Waals surface area contributed by atoms with Crippen LogP contribution in [0.15, 0.2) is 6.33 Å². The number of unbranched alkanes of at least 4 members (excludes halogenated alkanes) is 5. The molecule has 0 aliphatic carbocycles. The van der Waals surface area contributed by atoms with E-state index >= 15 is 0 Å². The summed E-state index contributed by atoms with van der Waals surface area (Å²) in [6.07, 6.45) is 8.73. The lowest BCUT2D eigenvalue weighted by molar-refractivity contribution is 0.0352. The monoisotopic (exact) mass is 298 g/mol. The number of ether oxygens (including phenoxy) is 1. The number of rotatable bonds is 13. The van der Waals surface area contributed by atoms with E-state index in [9.17, 15) is 5.11 Å². The highest BCUT2D eigenvalue weighted by atomic mass is 16.5. The zero-order valence-corrected chi connectivity index (χ0v) is 13.4. The van der Waals surface area contributed by atoms with Crippen molar-refractivity contribution < 1.29 is 9.84 Å². The van der Waals surface area contributed by atoms with Gasteiger partial charge in [0.1, 0.15) is 12.2 Å². The van der Waals surface area contributed by atoms with Gasteiger partial charge in [0.25, 0.3) is 0 Å². The fraction of sp³-hybridized carbons (Fsp3) is 0.867. The lowest BCUT2D eigenvalue weighted by atomic mass is 10.1. The van der Waals surface area contributed by atoms with Crippen molar-refractivity contribution in [2.75, 3.05) is 19.8 Å². The van der Waals surface area contributed by atoms with Gasteiger partial charge >= 0.3 is 0 Å². The van der Waals surface area contributed by atoms with E-state index in [1.54, 1.807) is 6.33 Å². The van der Waals surface area contributed by atoms with E-state index in [4.69, 9.17) is 4.74 Å². The molecule has 1 unspecified atom stereocenters. The molecule has 0 spiro atoms. The molecule has 0 fully saturated rings. The number of aromatic nitrogens is 3. The molecule has 0 bridgehead atoms. The molecule has 0 amide bonds. The largest absolute Gasteiger partial charge is 0.389 e. The normalized spacial score (nSPS) is 12.7. The number of nitrogens with one attached hydrogen (secondary N) is 1. The van der Waals surface area contributed by atoms with Crippen molar-refractivity contribution in [1.82, 2.24) is 20.1 Å². The molecule has 122 valence electrons. The van der Waals surface area contributed by atoms with Gasteiger partial charge in [-0.15, -0.1) is 10.2 Å². The van der Waals surface area contributed by atoms with Crippen LogP contribution >= 0.6 is 0 Å². The van der Waals surface area contributed by atoms with E-state index in [0.717, 1.165) is 18.9 Å². The maximum atomic E-state index is 9.79. The first-order valence-electron chi connectivity index (χ1n) is 8.03. The van der Waals surface area contributed by atoms with E-state index in [2.05, 4.69) is 22.4 Å². The molecule has 1 aromatic rings. The molecule has 6 nitrogen and oxygen atoms in total. The summed E-state index contributed by atoms with van der Waals surface area (Å²) in [6, 6.07) is 0. The Morgan fingerprint density at radius 2 is 2.05 bits per heavy atom. The smallest absolute Gasteiger partial charge is 0.146 e. The topological polar surface area (TPSA) is 72.2 Å². The third-order valence-electron chi connectivity index (χ3n) is 3.42. The maximum Gasteiger partial charge on any atom is 0.146 e. The summed E-state index contributed by atoms with van der Waals surface area (Å²) in [5.41, 5.74) is 0. The summed E-state index contributed by atoms with van der Waals surface area (Å²) in [5, 5.41) is 20.7. The van der Waals surface area contributed by atoms with Crippen molar-refractivity contribution in [2.24, 2.45) is 7.05 Å². The first-order valence-corrected chi connectivity index (χ1v) is 8.03. The molecule has 0 saturated heterocycles. The minimum atomic E-state index is -0.474. The molecular weight excluding hydrogens is 268 g/mol. The van der Waals surface area contributed by atoms with E-state index < -0.39 is 6.10 Å². The van der Waals surface area contributed by atoms with Crippen LogP contribution in [-0.4, -0.2) is 45.7 Å². The number of aliphatic hydroxyl groups is 1. The van der Waals surface area contributed by atoms with Gasteiger partial charge in [0.05, 0.1) is 19.3 Å². The molecule has 0 aliphatic heterocycles. The molecule has 6 heteroatoms. The first-order chi connectivity index (χ1) is 10.2. The minimum Gasteiger partial charge on any atom is -0.389 e. The second-order valence-corrected chi connectivity index (χ2v) is 5.49. The Morgan fingerprint density at radius 3 is 2.76 bits per heavy atom. The highest BCUT2D eigenvalue weighted by molar-refractivity contribution is 4.83. The van der Waals surface area contributed by atoms with E-state index in [-0.39, 0.29) is 0 Å². The zero-order chi connectivity index (χ0) is 15.3. The second-order valence-electron chi connectivity index (χ2n) is 5.49. The second kappa shape index (κ2) is 11.7. The Kier molecular flexibility index (Phi) is 10.0. The maximum absolute atomic E-state index is 9.79. The van der Waals surface area contributed by atoms with Crippen molar-refractivity contribution in [3.63, 3.8) is 0 Å². The molecule has 0 aromatic carbocycles. The molecule has 0 saturated carbocycles. The van der Waals surface area contributed by atoms with Gasteiger partial charge in [-0.2, -0.15) is 0 Å². The molecule has 2 N–H and O–H groups in total. The predicted molar refractivity (Wildman–Crippen MR) is 82.9 cm³/mol.